The fraction of sp³-hybridized carbons (Fsp3) is 0.700. The lowest BCUT2D eigenvalue weighted by atomic mass is 9.83. The molecule has 27 heavy (non-hydrogen) atoms. The number of carbonyl (C=O) groups is 1. The molecule has 0 aromatic carbocycles. The largest absolute Gasteiger partial charge is 0.382 e. The summed E-state index contributed by atoms with van der Waals surface area (Å²) in [5.41, 5.74) is 0.335. The molecule has 0 saturated heterocycles. The monoisotopic (exact) mass is 394 g/mol. The van der Waals surface area contributed by atoms with E-state index in [0.717, 1.165) is 50.0 Å². The van der Waals surface area contributed by atoms with Crippen molar-refractivity contribution in [2.75, 3.05) is 39.9 Å². The Morgan fingerprint density at radius 3 is 2.70 bits per heavy atom. The highest BCUT2D eigenvalue weighted by atomic mass is 32.1. The average molecular weight is 395 g/mol. The van der Waals surface area contributed by atoms with Crippen LogP contribution in [0.3, 0.4) is 0 Å². The quantitative estimate of drug-likeness (QED) is 0.306. The summed E-state index contributed by atoms with van der Waals surface area (Å²) in [7, 11) is 1.80. The van der Waals surface area contributed by atoms with E-state index in [1.807, 2.05) is 24.4 Å². The van der Waals surface area contributed by atoms with Crippen LogP contribution in [0.4, 0.5) is 0 Å². The van der Waals surface area contributed by atoms with Crippen LogP contribution in [0.2, 0.25) is 0 Å². The van der Waals surface area contributed by atoms with E-state index in [1.54, 1.807) is 7.05 Å². The van der Waals surface area contributed by atoms with Crippen molar-refractivity contribution in [3.8, 4) is 0 Å². The van der Waals surface area contributed by atoms with Gasteiger partial charge in [-0.1, -0.05) is 18.9 Å². The lowest BCUT2D eigenvalue weighted by Crippen LogP contribution is -2.44. The molecule has 3 N–H and O–H groups in total. The van der Waals surface area contributed by atoms with Crippen LogP contribution in [-0.4, -0.2) is 51.8 Å². The van der Waals surface area contributed by atoms with Crippen molar-refractivity contribution >= 4 is 23.2 Å². The second-order valence-electron chi connectivity index (χ2n) is 7.09. The minimum Gasteiger partial charge on any atom is -0.382 e. The van der Waals surface area contributed by atoms with Crippen molar-refractivity contribution in [3.05, 3.63) is 22.4 Å². The minimum atomic E-state index is 0.00461. The van der Waals surface area contributed by atoms with Crippen LogP contribution >= 0.6 is 11.3 Å². The van der Waals surface area contributed by atoms with Gasteiger partial charge in [0, 0.05) is 39.9 Å². The molecule has 0 unspecified atom stereocenters. The first kappa shape index (κ1) is 21.7. The van der Waals surface area contributed by atoms with Gasteiger partial charge in [0.1, 0.15) is 0 Å². The molecule has 2 rings (SSSR count). The number of nitrogens with one attached hydrogen (secondary N) is 3. The molecule has 1 saturated carbocycles. The van der Waals surface area contributed by atoms with Gasteiger partial charge in [-0.2, -0.15) is 0 Å². The van der Waals surface area contributed by atoms with E-state index in [2.05, 4.69) is 20.9 Å². The predicted octanol–water partition coefficient (Wildman–Crippen LogP) is 3.02. The van der Waals surface area contributed by atoms with Crippen molar-refractivity contribution in [1.29, 1.82) is 0 Å². The van der Waals surface area contributed by atoms with Gasteiger partial charge in [0.2, 0.25) is 0 Å². The molecule has 1 aliphatic rings. The van der Waals surface area contributed by atoms with Crippen LogP contribution < -0.4 is 16.0 Å². The molecule has 1 heterocycles. The van der Waals surface area contributed by atoms with Gasteiger partial charge in [-0.05, 0) is 49.5 Å². The van der Waals surface area contributed by atoms with Gasteiger partial charge in [-0.15, -0.1) is 11.3 Å². The van der Waals surface area contributed by atoms with Gasteiger partial charge in [0.05, 0.1) is 4.88 Å². The first-order chi connectivity index (χ1) is 13.2. The Hall–Kier alpha value is -1.60. The van der Waals surface area contributed by atoms with E-state index in [1.165, 1.54) is 37.0 Å². The summed E-state index contributed by atoms with van der Waals surface area (Å²) in [6.45, 7) is 6.04. The van der Waals surface area contributed by atoms with Gasteiger partial charge in [-0.25, -0.2) is 0 Å². The van der Waals surface area contributed by atoms with Gasteiger partial charge < -0.3 is 20.7 Å². The Labute approximate surface area is 167 Å². The van der Waals surface area contributed by atoms with Crippen LogP contribution in [0, 0.1) is 5.41 Å². The smallest absolute Gasteiger partial charge is 0.261 e. The molecule has 1 amide bonds. The normalized spacial score (nSPS) is 16.3. The molecule has 1 aliphatic carbocycles. The van der Waals surface area contributed by atoms with Crippen LogP contribution in [-0.2, 0) is 4.74 Å². The molecule has 0 bridgehead atoms. The number of amides is 1. The summed E-state index contributed by atoms with van der Waals surface area (Å²) >= 11 is 1.46. The molecule has 0 aliphatic heterocycles. The average Bonchev–Trinajstić information content (AvgIpc) is 3.36. The molecule has 1 fully saturated rings. The SMILES string of the molecule is CCOCCC1(CNC(=NC)NCCCNC(=O)c2cccs2)CCCC1. The van der Waals surface area contributed by atoms with Gasteiger partial charge in [-0.3, -0.25) is 9.79 Å². The Kier molecular flexibility index (Phi) is 9.62. The maximum Gasteiger partial charge on any atom is 0.261 e. The summed E-state index contributed by atoms with van der Waals surface area (Å²) in [5.74, 6) is 0.840. The zero-order valence-corrected chi connectivity index (χ0v) is 17.5. The summed E-state index contributed by atoms with van der Waals surface area (Å²) in [6.07, 6.45) is 7.11. The zero-order chi connectivity index (χ0) is 19.4. The lowest BCUT2D eigenvalue weighted by Gasteiger charge is -2.30. The van der Waals surface area contributed by atoms with E-state index in [0.29, 0.717) is 12.0 Å². The van der Waals surface area contributed by atoms with Crippen molar-refractivity contribution in [3.63, 3.8) is 0 Å². The molecular formula is C20H34N4O2S. The number of hydrogen-bond donors (Lipinski definition) is 3. The first-order valence-electron chi connectivity index (χ1n) is 10.0. The number of aliphatic imine (C=N–C) groups is 1. The van der Waals surface area contributed by atoms with Crippen molar-refractivity contribution < 1.29 is 9.53 Å². The van der Waals surface area contributed by atoms with Crippen molar-refractivity contribution in [2.24, 2.45) is 10.4 Å². The highest BCUT2D eigenvalue weighted by molar-refractivity contribution is 7.12. The topological polar surface area (TPSA) is 74.8 Å². The fourth-order valence-electron chi connectivity index (χ4n) is 3.56. The van der Waals surface area contributed by atoms with E-state index >= 15 is 0 Å². The molecule has 152 valence electrons. The number of guanidine groups is 1. The maximum atomic E-state index is 11.9. The standard InChI is InChI=1S/C20H34N4O2S/c1-3-26-14-11-20(9-4-5-10-20)16-24-19(21-2)23-13-7-12-22-18(25)17-8-6-15-27-17/h6,8,15H,3-5,7,9-14,16H2,1-2H3,(H,22,25)(H2,21,23,24). The van der Waals surface area contributed by atoms with Crippen molar-refractivity contribution in [2.45, 2.75) is 45.4 Å². The number of nitrogens with zero attached hydrogens (tertiary/aromatic N) is 1. The van der Waals surface area contributed by atoms with Crippen LogP contribution in [0.5, 0.6) is 0 Å². The van der Waals surface area contributed by atoms with Crippen LogP contribution in [0.15, 0.2) is 22.5 Å². The summed E-state index contributed by atoms with van der Waals surface area (Å²) in [6, 6.07) is 3.73. The molecule has 0 spiro atoms. The third-order valence-electron chi connectivity index (χ3n) is 5.18. The molecule has 6 nitrogen and oxygen atoms in total. The molecule has 1 aromatic rings. The fourth-order valence-corrected chi connectivity index (χ4v) is 4.20. The van der Waals surface area contributed by atoms with Crippen LogP contribution in [0.1, 0.15) is 55.1 Å². The predicted molar refractivity (Wildman–Crippen MR) is 113 cm³/mol. The molecule has 7 heteroatoms. The molecule has 0 atom stereocenters. The van der Waals surface area contributed by atoms with E-state index < -0.39 is 0 Å². The lowest BCUT2D eigenvalue weighted by molar-refractivity contribution is 0.0957. The van der Waals surface area contributed by atoms with E-state index in [9.17, 15) is 4.79 Å². The summed E-state index contributed by atoms with van der Waals surface area (Å²) < 4.78 is 5.58. The highest BCUT2D eigenvalue weighted by Crippen LogP contribution is 2.40. The van der Waals surface area contributed by atoms with Gasteiger partial charge in [0.15, 0.2) is 5.96 Å². The number of rotatable bonds is 11. The Balaban J connectivity index is 1.63. The Bertz CT molecular complexity index is 569. The minimum absolute atomic E-state index is 0.00461. The Morgan fingerprint density at radius 1 is 1.26 bits per heavy atom. The maximum absolute atomic E-state index is 11.9. The van der Waals surface area contributed by atoms with Crippen molar-refractivity contribution in [1.82, 2.24) is 16.0 Å². The number of ether oxygens (including phenoxy) is 1. The summed E-state index contributed by atoms with van der Waals surface area (Å²) in [5, 5.41) is 11.7. The summed E-state index contributed by atoms with van der Waals surface area (Å²) in [4.78, 5) is 17.0. The van der Waals surface area contributed by atoms with Crippen LogP contribution in [0.25, 0.3) is 0 Å². The highest BCUT2D eigenvalue weighted by Gasteiger charge is 2.33. The van der Waals surface area contributed by atoms with Gasteiger partial charge >= 0.3 is 0 Å². The molecule has 0 radical (unpaired) electrons. The zero-order valence-electron chi connectivity index (χ0n) is 16.7. The van der Waals surface area contributed by atoms with E-state index in [-0.39, 0.29) is 5.91 Å². The third-order valence-corrected chi connectivity index (χ3v) is 6.04. The third kappa shape index (κ3) is 7.50. The molecular weight excluding hydrogens is 360 g/mol. The Morgan fingerprint density at radius 2 is 2.04 bits per heavy atom. The van der Waals surface area contributed by atoms with E-state index in [4.69, 9.17) is 4.74 Å². The molecule has 1 aromatic heterocycles. The number of carbonyl (C=O) groups excluding carboxylic acids is 1. The second kappa shape index (κ2) is 12.0. The van der Waals surface area contributed by atoms with Gasteiger partial charge in [0.25, 0.3) is 5.91 Å². The second-order valence-corrected chi connectivity index (χ2v) is 8.04. The first-order valence-corrected chi connectivity index (χ1v) is 10.9. The number of thiophene rings is 1. The number of hydrogen-bond acceptors (Lipinski definition) is 4.